The van der Waals surface area contributed by atoms with Gasteiger partial charge in [-0.15, -0.1) is 0 Å². The Kier molecular flexibility index (Phi) is 4.83. The Labute approximate surface area is 115 Å². The molecule has 1 fully saturated rings. The molecule has 104 valence electrons. The molecule has 0 radical (unpaired) electrons. The van der Waals surface area contributed by atoms with Gasteiger partial charge in [0.15, 0.2) is 0 Å². The summed E-state index contributed by atoms with van der Waals surface area (Å²) in [6.45, 7) is 3.37. The van der Waals surface area contributed by atoms with Crippen LogP contribution in [0.1, 0.15) is 44.6 Å². The highest BCUT2D eigenvalue weighted by atomic mass is 16.4. The SMILES string of the molecule is CCC1CCCCN1c1cccc(CCC(=O)O)c1. The van der Waals surface area contributed by atoms with Crippen LogP contribution >= 0.6 is 0 Å². The van der Waals surface area contributed by atoms with Crippen molar-refractivity contribution in [2.75, 3.05) is 11.4 Å². The Bertz CT molecular complexity index is 431. The first-order valence-electron chi connectivity index (χ1n) is 7.28. The number of rotatable bonds is 5. The van der Waals surface area contributed by atoms with E-state index in [0.29, 0.717) is 12.5 Å². The van der Waals surface area contributed by atoms with Crippen LogP contribution in [0.3, 0.4) is 0 Å². The molecule has 1 aromatic carbocycles. The van der Waals surface area contributed by atoms with E-state index in [1.165, 1.54) is 31.4 Å². The summed E-state index contributed by atoms with van der Waals surface area (Å²) >= 11 is 0. The Balaban J connectivity index is 2.10. The number of hydrogen-bond acceptors (Lipinski definition) is 2. The molecule has 0 aliphatic carbocycles. The molecule has 1 aromatic rings. The van der Waals surface area contributed by atoms with Gasteiger partial charge in [0.25, 0.3) is 0 Å². The minimum absolute atomic E-state index is 0.209. The van der Waals surface area contributed by atoms with Gasteiger partial charge in [-0.3, -0.25) is 4.79 Å². The highest BCUT2D eigenvalue weighted by Gasteiger charge is 2.20. The maximum atomic E-state index is 10.6. The smallest absolute Gasteiger partial charge is 0.303 e. The van der Waals surface area contributed by atoms with Crippen molar-refractivity contribution in [2.24, 2.45) is 0 Å². The van der Waals surface area contributed by atoms with Crippen molar-refractivity contribution in [3.8, 4) is 0 Å². The van der Waals surface area contributed by atoms with Gasteiger partial charge in [-0.05, 0) is 49.8 Å². The van der Waals surface area contributed by atoms with Crippen LogP contribution in [0, 0.1) is 0 Å². The Morgan fingerprint density at radius 2 is 2.26 bits per heavy atom. The summed E-state index contributed by atoms with van der Waals surface area (Å²) in [5.41, 5.74) is 2.38. The third kappa shape index (κ3) is 3.72. The molecule has 1 unspecified atom stereocenters. The molecule has 1 aliphatic rings. The number of aryl methyl sites for hydroxylation is 1. The predicted octanol–water partition coefficient (Wildman–Crippen LogP) is 3.47. The minimum atomic E-state index is -0.727. The van der Waals surface area contributed by atoms with Crippen LogP contribution in [-0.4, -0.2) is 23.7 Å². The van der Waals surface area contributed by atoms with Gasteiger partial charge < -0.3 is 10.0 Å². The van der Waals surface area contributed by atoms with E-state index in [4.69, 9.17) is 5.11 Å². The highest BCUT2D eigenvalue weighted by Crippen LogP contribution is 2.27. The standard InChI is InChI=1S/C16H23NO2/c1-2-14-7-3-4-11-17(14)15-8-5-6-13(12-15)9-10-16(18)19/h5-6,8,12,14H,2-4,7,9-11H2,1H3,(H,18,19). The summed E-state index contributed by atoms with van der Waals surface area (Å²) in [6, 6.07) is 9.03. The number of carboxylic acid groups (broad SMARTS) is 1. The zero-order chi connectivity index (χ0) is 13.7. The summed E-state index contributed by atoms with van der Waals surface area (Å²) in [7, 11) is 0. The number of aliphatic carboxylic acids is 1. The van der Waals surface area contributed by atoms with Gasteiger partial charge >= 0.3 is 5.97 Å². The maximum Gasteiger partial charge on any atom is 0.303 e. The molecule has 1 aliphatic heterocycles. The molecule has 1 heterocycles. The largest absolute Gasteiger partial charge is 0.481 e. The number of hydrogen-bond donors (Lipinski definition) is 1. The van der Waals surface area contributed by atoms with Crippen molar-refractivity contribution in [1.82, 2.24) is 0 Å². The first-order valence-corrected chi connectivity index (χ1v) is 7.28. The minimum Gasteiger partial charge on any atom is -0.481 e. The monoisotopic (exact) mass is 261 g/mol. The average molecular weight is 261 g/mol. The summed E-state index contributed by atoms with van der Waals surface area (Å²) in [6.07, 6.45) is 5.87. The number of benzene rings is 1. The molecule has 0 saturated carbocycles. The van der Waals surface area contributed by atoms with E-state index in [0.717, 1.165) is 12.1 Å². The van der Waals surface area contributed by atoms with Gasteiger partial charge in [-0.1, -0.05) is 19.1 Å². The number of nitrogens with zero attached hydrogens (tertiary/aromatic N) is 1. The normalized spacial score (nSPS) is 19.4. The Morgan fingerprint density at radius 1 is 1.42 bits per heavy atom. The van der Waals surface area contributed by atoms with Crippen molar-refractivity contribution in [3.63, 3.8) is 0 Å². The molecule has 0 aromatic heterocycles. The molecule has 3 heteroatoms. The second-order valence-electron chi connectivity index (χ2n) is 5.31. The summed E-state index contributed by atoms with van der Waals surface area (Å²) in [5, 5.41) is 8.76. The van der Waals surface area contributed by atoms with Crippen LogP contribution in [-0.2, 0) is 11.2 Å². The highest BCUT2D eigenvalue weighted by molar-refractivity contribution is 5.67. The van der Waals surface area contributed by atoms with E-state index in [9.17, 15) is 4.79 Å². The molecule has 1 saturated heterocycles. The van der Waals surface area contributed by atoms with Crippen LogP contribution in [0.2, 0.25) is 0 Å². The lowest BCUT2D eigenvalue weighted by atomic mass is 9.98. The topological polar surface area (TPSA) is 40.5 Å². The fraction of sp³-hybridized carbons (Fsp3) is 0.562. The number of carboxylic acids is 1. The van der Waals surface area contributed by atoms with Crippen molar-refractivity contribution >= 4 is 11.7 Å². The summed E-state index contributed by atoms with van der Waals surface area (Å²) < 4.78 is 0. The van der Waals surface area contributed by atoms with E-state index in [1.807, 2.05) is 12.1 Å². The van der Waals surface area contributed by atoms with E-state index in [1.54, 1.807) is 0 Å². The third-order valence-corrected chi connectivity index (χ3v) is 3.97. The van der Waals surface area contributed by atoms with Gasteiger partial charge in [-0.2, -0.15) is 0 Å². The second-order valence-corrected chi connectivity index (χ2v) is 5.31. The first-order chi connectivity index (χ1) is 9.20. The van der Waals surface area contributed by atoms with Gasteiger partial charge in [0.2, 0.25) is 0 Å². The van der Waals surface area contributed by atoms with E-state index < -0.39 is 5.97 Å². The van der Waals surface area contributed by atoms with Crippen molar-refractivity contribution < 1.29 is 9.90 Å². The fourth-order valence-corrected chi connectivity index (χ4v) is 2.91. The third-order valence-electron chi connectivity index (χ3n) is 3.97. The molecule has 19 heavy (non-hydrogen) atoms. The van der Waals surface area contributed by atoms with Crippen LogP contribution in [0.4, 0.5) is 5.69 Å². The van der Waals surface area contributed by atoms with E-state index in [-0.39, 0.29) is 6.42 Å². The Hall–Kier alpha value is -1.51. The van der Waals surface area contributed by atoms with Crippen molar-refractivity contribution in [2.45, 2.75) is 51.5 Å². The fourth-order valence-electron chi connectivity index (χ4n) is 2.91. The molecular formula is C16H23NO2. The van der Waals surface area contributed by atoms with Gasteiger partial charge in [0.1, 0.15) is 0 Å². The molecule has 3 nitrogen and oxygen atoms in total. The van der Waals surface area contributed by atoms with E-state index in [2.05, 4.69) is 24.0 Å². The zero-order valence-corrected chi connectivity index (χ0v) is 11.6. The van der Waals surface area contributed by atoms with Gasteiger partial charge in [-0.25, -0.2) is 0 Å². The van der Waals surface area contributed by atoms with Gasteiger partial charge in [0, 0.05) is 24.7 Å². The van der Waals surface area contributed by atoms with Crippen LogP contribution in [0.15, 0.2) is 24.3 Å². The molecule has 0 bridgehead atoms. The summed E-state index contributed by atoms with van der Waals surface area (Å²) in [4.78, 5) is 13.1. The average Bonchev–Trinajstić information content (AvgIpc) is 2.45. The lowest BCUT2D eigenvalue weighted by molar-refractivity contribution is -0.136. The van der Waals surface area contributed by atoms with Crippen LogP contribution in [0.5, 0.6) is 0 Å². The zero-order valence-electron chi connectivity index (χ0n) is 11.6. The van der Waals surface area contributed by atoms with Gasteiger partial charge in [0.05, 0.1) is 0 Å². The predicted molar refractivity (Wildman–Crippen MR) is 77.7 cm³/mol. The van der Waals surface area contributed by atoms with E-state index >= 15 is 0 Å². The van der Waals surface area contributed by atoms with Crippen molar-refractivity contribution in [3.05, 3.63) is 29.8 Å². The number of piperidine rings is 1. The second kappa shape index (κ2) is 6.60. The molecule has 0 amide bonds. The molecule has 2 rings (SSSR count). The number of anilines is 1. The molecular weight excluding hydrogens is 238 g/mol. The molecule has 0 spiro atoms. The molecule has 1 N–H and O–H groups in total. The number of carbonyl (C=O) groups is 1. The van der Waals surface area contributed by atoms with Crippen molar-refractivity contribution in [1.29, 1.82) is 0 Å². The summed E-state index contributed by atoms with van der Waals surface area (Å²) in [5.74, 6) is -0.727. The van der Waals surface area contributed by atoms with Crippen LogP contribution in [0.25, 0.3) is 0 Å². The van der Waals surface area contributed by atoms with Crippen LogP contribution < -0.4 is 4.90 Å². The quantitative estimate of drug-likeness (QED) is 0.882. The molecule has 1 atom stereocenters. The first kappa shape index (κ1) is 13.9. The maximum absolute atomic E-state index is 10.6. The Morgan fingerprint density at radius 3 is 3.00 bits per heavy atom. The lowest BCUT2D eigenvalue weighted by Gasteiger charge is -2.37. The lowest BCUT2D eigenvalue weighted by Crippen LogP contribution is -2.39.